The molecule has 0 bridgehead atoms. The van der Waals surface area contributed by atoms with Crippen LogP contribution >= 0.6 is 0 Å². The van der Waals surface area contributed by atoms with Gasteiger partial charge in [0, 0.05) is 0 Å². The zero-order valence-electron chi connectivity index (χ0n) is 12.5. The first-order valence-corrected chi connectivity index (χ1v) is 6.75. The van der Waals surface area contributed by atoms with Gasteiger partial charge in [-0.05, 0) is 25.5 Å². The summed E-state index contributed by atoms with van der Waals surface area (Å²) >= 11 is 0. The van der Waals surface area contributed by atoms with Crippen LogP contribution in [0.15, 0.2) is 30.3 Å². The zero-order chi connectivity index (χ0) is 15.9. The fraction of sp³-hybridized carbons (Fsp3) is 0.438. The van der Waals surface area contributed by atoms with Gasteiger partial charge >= 0.3 is 11.9 Å². The molecule has 0 fully saturated rings. The SMILES string of the molecule is CC[C@](COC(=O)c1ccccc1)(CC(=O)OC)C(C)=O. The first-order valence-electron chi connectivity index (χ1n) is 6.75. The molecule has 0 aliphatic rings. The Balaban J connectivity index is 2.80. The van der Waals surface area contributed by atoms with Gasteiger partial charge in [0.25, 0.3) is 0 Å². The van der Waals surface area contributed by atoms with Crippen molar-refractivity contribution in [2.45, 2.75) is 26.7 Å². The number of ketones is 1. The summed E-state index contributed by atoms with van der Waals surface area (Å²) < 4.78 is 9.84. The summed E-state index contributed by atoms with van der Waals surface area (Å²) in [6, 6.07) is 8.50. The van der Waals surface area contributed by atoms with E-state index in [2.05, 4.69) is 4.74 Å². The third kappa shape index (κ3) is 4.41. The van der Waals surface area contributed by atoms with Crippen LogP contribution in [-0.2, 0) is 19.1 Å². The summed E-state index contributed by atoms with van der Waals surface area (Å²) in [5, 5.41) is 0. The highest BCUT2D eigenvalue weighted by Crippen LogP contribution is 2.29. The smallest absolute Gasteiger partial charge is 0.338 e. The molecule has 0 radical (unpaired) electrons. The molecule has 21 heavy (non-hydrogen) atoms. The van der Waals surface area contributed by atoms with Gasteiger partial charge in [-0.2, -0.15) is 0 Å². The first-order chi connectivity index (χ1) is 9.95. The second-order valence-electron chi connectivity index (χ2n) is 4.89. The van der Waals surface area contributed by atoms with Gasteiger partial charge in [-0.25, -0.2) is 4.79 Å². The van der Waals surface area contributed by atoms with E-state index in [-0.39, 0.29) is 18.8 Å². The second-order valence-corrected chi connectivity index (χ2v) is 4.89. The van der Waals surface area contributed by atoms with Crippen molar-refractivity contribution in [2.24, 2.45) is 5.41 Å². The molecule has 0 amide bonds. The van der Waals surface area contributed by atoms with E-state index in [1.54, 1.807) is 37.3 Å². The van der Waals surface area contributed by atoms with E-state index in [1.165, 1.54) is 14.0 Å². The second kappa shape index (κ2) is 7.57. The minimum Gasteiger partial charge on any atom is -0.469 e. The summed E-state index contributed by atoms with van der Waals surface area (Å²) in [4.78, 5) is 35.3. The normalized spacial score (nSPS) is 13.1. The maximum Gasteiger partial charge on any atom is 0.338 e. The number of hydrogen-bond donors (Lipinski definition) is 0. The van der Waals surface area contributed by atoms with Crippen molar-refractivity contribution in [2.75, 3.05) is 13.7 Å². The Morgan fingerprint density at radius 2 is 1.76 bits per heavy atom. The number of hydrogen-bond acceptors (Lipinski definition) is 5. The number of Topliss-reactive ketones (excluding diaryl/α,β-unsaturated/α-hetero) is 1. The molecule has 0 unspecified atom stereocenters. The number of ether oxygens (including phenoxy) is 2. The molecule has 0 aliphatic heterocycles. The highest BCUT2D eigenvalue weighted by Gasteiger charge is 2.38. The molecular formula is C16H20O5. The molecule has 0 saturated heterocycles. The Morgan fingerprint density at radius 1 is 1.14 bits per heavy atom. The molecule has 1 aromatic rings. The largest absolute Gasteiger partial charge is 0.469 e. The third-order valence-corrected chi connectivity index (χ3v) is 3.62. The molecular weight excluding hydrogens is 272 g/mol. The van der Waals surface area contributed by atoms with Crippen molar-refractivity contribution in [1.82, 2.24) is 0 Å². The van der Waals surface area contributed by atoms with E-state index in [0.29, 0.717) is 12.0 Å². The number of carbonyl (C=O) groups is 3. The van der Waals surface area contributed by atoms with Gasteiger partial charge in [0.1, 0.15) is 12.4 Å². The summed E-state index contributed by atoms with van der Waals surface area (Å²) in [5.41, 5.74) is -0.624. The highest BCUT2D eigenvalue weighted by molar-refractivity contribution is 5.90. The van der Waals surface area contributed by atoms with Gasteiger partial charge in [-0.3, -0.25) is 9.59 Å². The molecule has 0 heterocycles. The van der Waals surface area contributed by atoms with Crippen molar-refractivity contribution < 1.29 is 23.9 Å². The standard InChI is InChI=1S/C16H20O5/c1-4-16(12(2)17,10-14(18)20-3)11-21-15(19)13-8-6-5-7-9-13/h5-9H,4,10-11H2,1-3H3/t16-/m1/s1. The molecule has 114 valence electrons. The van der Waals surface area contributed by atoms with Gasteiger partial charge in [-0.15, -0.1) is 0 Å². The third-order valence-electron chi connectivity index (χ3n) is 3.62. The van der Waals surface area contributed by atoms with Crippen molar-refractivity contribution in [3.8, 4) is 0 Å². The predicted molar refractivity (Wildman–Crippen MR) is 76.8 cm³/mol. The lowest BCUT2D eigenvalue weighted by molar-refractivity contribution is -0.148. The minimum atomic E-state index is -1.03. The molecule has 0 saturated carbocycles. The Labute approximate surface area is 124 Å². The van der Waals surface area contributed by atoms with Crippen LogP contribution in [-0.4, -0.2) is 31.4 Å². The molecule has 0 spiro atoms. The summed E-state index contributed by atoms with van der Waals surface area (Å²) in [6.45, 7) is 3.03. The van der Waals surface area contributed by atoms with E-state index in [9.17, 15) is 14.4 Å². The van der Waals surface area contributed by atoms with Gasteiger partial charge in [-0.1, -0.05) is 25.1 Å². The fourth-order valence-electron chi connectivity index (χ4n) is 1.96. The van der Waals surface area contributed by atoms with Crippen LogP contribution in [0.5, 0.6) is 0 Å². The lowest BCUT2D eigenvalue weighted by Crippen LogP contribution is -2.37. The van der Waals surface area contributed by atoms with Crippen LogP contribution in [0.4, 0.5) is 0 Å². The molecule has 1 rings (SSSR count). The van der Waals surface area contributed by atoms with Crippen LogP contribution in [0.2, 0.25) is 0 Å². The quantitative estimate of drug-likeness (QED) is 0.722. The van der Waals surface area contributed by atoms with Crippen LogP contribution in [0.1, 0.15) is 37.0 Å². The van der Waals surface area contributed by atoms with E-state index < -0.39 is 17.4 Å². The predicted octanol–water partition coefficient (Wildman–Crippen LogP) is 2.39. The van der Waals surface area contributed by atoms with Crippen LogP contribution in [0.25, 0.3) is 0 Å². The average molecular weight is 292 g/mol. The molecule has 1 atom stereocenters. The Bertz CT molecular complexity index is 509. The number of benzene rings is 1. The zero-order valence-corrected chi connectivity index (χ0v) is 12.5. The maximum atomic E-state index is 11.9. The van der Waals surface area contributed by atoms with Gasteiger partial charge < -0.3 is 9.47 Å². The van der Waals surface area contributed by atoms with E-state index in [0.717, 1.165) is 0 Å². The van der Waals surface area contributed by atoms with Crippen molar-refractivity contribution in [1.29, 1.82) is 0 Å². The lowest BCUT2D eigenvalue weighted by atomic mass is 9.79. The molecule has 0 N–H and O–H groups in total. The van der Waals surface area contributed by atoms with Crippen molar-refractivity contribution in [3.63, 3.8) is 0 Å². The molecule has 0 aromatic heterocycles. The Hall–Kier alpha value is -2.17. The Kier molecular flexibility index (Phi) is 6.09. The fourth-order valence-corrected chi connectivity index (χ4v) is 1.96. The van der Waals surface area contributed by atoms with E-state index >= 15 is 0 Å². The lowest BCUT2D eigenvalue weighted by Gasteiger charge is -2.28. The topological polar surface area (TPSA) is 69.7 Å². The van der Waals surface area contributed by atoms with E-state index in [4.69, 9.17) is 4.74 Å². The van der Waals surface area contributed by atoms with Gasteiger partial charge in [0.05, 0.1) is 24.5 Å². The van der Waals surface area contributed by atoms with E-state index in [1.807, 2.05) is 0 Å². The average Bonchev–Trinajstić information content (AvgIpc) is 2.51. The number of methoxy groups -OCH3 is 1. The summed E-state index contributed by atoms with van der Waals surface area (Å²) in [5.74, 6) is -1.21. The summed E-state index contributed by atoms with van der Waals surface area (Å²) in [7, 11) is 1.26. The molecule has 5 heteroatoms. The van der Waals surface area contributed by atoms with Crippen LogP contribution < -0.4 is 0 Å². The van der Waals surface area contributed by atoms with Crippen molar-refractivity contribution >= 4 is 17.7 Å². The Morgan fingerprint density at radius 3 is 2.24 bits per heavy atom. The first kappa shape index (κ1) is 16.9. The van der Waals surface area contributed by atoms with Gasteiger partial charge in [0.2, 0.25) is 0 Å². The monoisotopic (exact) mass is 292 g/mol. The highest BCUT2D eigenvalue weighted by atomic mass is 16.5. The van der Waals surface area contributed by atoms with Crippen molar-refractivity contribution in [3.05, 3.63) is 35.9 Å². The summed E-state index contributed by atoms with van der Waals surface area (Å²) in [6.07, 6.45) is 0.289. The van der Waals surface area contributed by atoms with Crippen LogP contribution in [0.3, 0.4) is 0 Å². The number of carbonyl (C=O) groups excluding carboxylic acids is 3. The van der Waals surface area contributed by atoms with Crippen LogP contribution in [0, 0.1) is 5.41 Å². The van der Waals surface area contributed by atoms with Gasteiger partial charge in [0.15, 0.2) is 0 Å². The molecule has 1 aromatic carbocycles. The number of esters is 2. The number of rotatable bonds is 7. The molecule has 5 nitrogen and oxygen atoms in total. The maximum absolute atomic E-state index is 11.9. The molecule has 0 aliphatic carbocycles. The minimum absolute atomic E-state index is 0.0998.